The molecule has 2 rings (SSSR count). The van der Waals surface area contributed by atoms with Crippen molar-refractivity contribution >= 4 is 23.1 Å². The van der Waals surface area contributed by atoms with E-state index in [2.05, 4.69) is 10.1 Å². The van der Waals surface area contributed by atoms with E-state index in [-0.39, 0.29) is 18.1 Å². The monoisotopic (exact) mass is 295 g/mol. The fourth-order valence-corrected chi connectivity index (χ4v) is 2.38. The lowest BCUT2D eigenvalue weighted by Gasteiger charge is -2.05. The van der Waals surface area contributed by atoms with Crippen LogP contribution in [0.15, 0.2) is 5.38 Å². The molecule has 0 saturated heterocycles. The summed E-state index contributed by atoms with van der Waals surface area (Å²) in [6.45, 7) is 3.69. The average molecular weight is 295 g/mol. The van der Waals surface area contributed by atoms with Gasteiger partial charge in [-0.3, -0.25) is 9.48 Å². The van der Waals surface area contributed by atoms with Crippen LogP contribution >= 0.6 is 11.3 Å². The highest BCUT2D eigenvalue weighted by atomic mass is 32.1. The maximum Gasteiger partial charge on any atom is 0.379 e. The van der Waals surface area contributed by atoms with Crippen molar-refractivity contribution in [3.05, 3.63) is 27.5 Å². The summed E-state index contributed by atoms with van der Waals surface area (Å²) >= 11 is 1.49. The van der Waals surface area contributed by atoms with Crippen LogP contribution in [0.1, 0.15) is 26.9 Å². The van der Waals surface area contributed by atoms with Crippen LogP contribution in [-0.4, -0.2) is 31.6 Å². The summed E-state index contributed by atoms with van der Waals surface area (Å²) in [6.07, 6.45) is 0. The van der Waals surface area contributed by atoms with Crippen molar-refractivity contribution in [2.45, 2.75) is 20.5 Å². The number of Topliss-reactive ketones (excluding diaryl/α,β-unsaturated/α-hetero) is 1. The summed E-state index contributed by atoms with van der Waals surface area (Å²) in [5.74, 6) is -2.40. The van der Waals surface area contributed by atoms with Gasteiger partial charge in [-0.2, -0.15) is 5.10 Å². The van der Waals surface area contributed by atoms with Gasteiger partial charge >= 0.3 is 5.97 Å². The van der Waals surface area contributed by atoms with Gasteiger partial charge in [-0.05, 0) is 13.8 Å². The molecule has 106 valence electrons. The molecule has 0 radical (unpaired) electrons. The van der Waals surface area contributed by atoms with Crippen LogP contribution in [0.4, 0.5) is 0 Å². The first-order valence-corrected chi connectivity index (χ1v) is 6.63. The molecule has 1 N–H and O–H groups in total. The zero-order valence-corrected chi connectivity index (χ0v) is 12.0. The maximum absolute atomic E-state index is 11.7. The number of carbonyl (C=O) groups is 2. The summed E-state index contributed by atoms with van der Waals surface area (Å²) in [7, 11) is 1.50. The van der Waals surface area contributed by atoms with Crippen LogP contribution in [-0.2, 0) is 18.4 Å². The van der Waals surface area contributed by atoms with E-state index in [0.29, 0.717) is 5.69 Å². The molecule has 0 aromatic carbocycles. The van der Waals surface area contributed by atoms with E-state index in [1.165, 1.54) is 23.1 Å². The Balaban J connectivity index is 2.27. The van der Waals surface area contributed by atoms with Crippen LogP contribution in [0.2, 0.25) is 0 Å². The Kier molecular flexibility index (Phi) is 3.84. The molecule has 2 aromatic rings. The minimum Gasteiger partial charge on any atom is -0.483 e. The van der Waals surface area contributed by atoms with Gasteiger partial charge in [-0.15, -0.1) is 11.3 Å². The van der Waals surface area contributed by atoms with Crippen molar-refractivity contribution in [1.82, 2.24) is 14.8 Å². The number of aliphatic carboxylic acids is 1. The molecule has 0 saturated carbocycles. The summed E-state index contributed by atoms with van der Waals surface area (Å²) in [5.41, 5.74) is 1.12. The number of rotatable bonds is 5. The molecule has 20 heavy (non-hydrogen) atoms. The Morgan fingerprint density at radius 2 is 2.15 bits per heavy atom. The molecule has 0 atom stereocenters. The number of carbonyl (C=O) groups excluding carboxylic acids is 1. The van der Waals surface area contributed by atoms with E-state index in [1.807, 2.05) is 12.3 Å². The number of hydrogen-bond donors (Lipinski definition) is 1. The van der Waals surface area contributed by atoms with E-state index in [4.69, 9.17) is 9.84 Å². The smallest absolute Gasteiger partial charge is 0.379 e. The highest BCUT2D eigenvalue weighted by Gasteiger charge is 2.26. The molecule has 7 nitrogen and oxygen atoms in total. The fraction of sp³-hybridized carbons (Fsp3) is 0.333. The topological polar surface area (TPSA) is 94.3 Å². The van der Waals surface area contributed by atoms with Crippen molar-refractivity contribution < 1.29 is 19.4 Å². The third kappa shape index (κ3) is 2.69. The van der Waals surface area contributed by atoms with E-state index >= 15 is 0 Å². The number of thiazole rings is 1. The van der Waals surface area contributed by atoms with Gasteiger partial charge in [0, 0.05) is 12.4 Å². The summed E-state index contributed by atoms with van der Waals surface area (Å²) in [6, 6.07) is 0. The second-order valence-corrected chi connectivity index (χ2v) is 5.23. The molecular formula is C12H13N3O4S. The molecule has 0 aliphatic carbocycles. The Morgan fingerprint density at radius 3 is 2.70 bits per heavy atom. The molecule has 8 heteroatoms. The van der Waals surface area contributed by atoms with E-state index in [0.717, 1.165) is 10.7 Å². The SMILES string of the molecule is Cc1nc(COc2c(C)nn(C)c2C(=O)C(=O)O)cs1. The zero-order valence-electron chi connectivity index (χ0n) is 11.2. The molecule has 2 heterocycles. The number of hydrogen-bond acceptors (Lipinski definition) is 6. The van der Waals surface area contributed by atoms with Gasteiger partial charge in [0.25, 0.3) is 5.78 Å². The van der Waals surface area contributed by atoms with Crippen LogP contribution in [0.3, 0.4) is 0 Å². The second-order valence-electron chi connectivity index (χ2n) is 4.17. The first-order chi connectivity index (χ1) is 9.40. The zero-order chi connectivity index (χ0) is 14.9. The van der Waals surface area contributed by atoms with Gasteiger partial charge in [0.05, 0.1) is 10.7 Å². The minimum atomic E-state index is -1.54. The highest BCUT2D eigenvalue weighted by molar-refractivity contribution is 7.09. The predicted molar refractivity (Wildman–Crippen MR) is 71.1 cm³/mol. The lowest BCUT2D eigenvalue weighted by atomic mass is 10.2. The number of aryl methyl sites for hydroxylation is 3. The molecule has 0 amide bonds. The van der Waals surface area contributed by atoms with Crippen LogP contribution in [0, 0.1) is 13.8 Å². The molecule has 0 unspecified atom stereocenters. The lowest BCUT2D eigenvalue weighted by molar-refractivity contribution is -0.131. The molecule has 0 bridgehead atoms. The van der Waals surface area contributed by atoms with Crippen molar-refractivity contribution in [2.75, 3.05) is 0 Å². The third-order valence-corrected chi connectivity index (χ3v) is 3.43. The fourth-order valence-electron chi connectivity index (χ4n) is 1.78. The van der Waals surface area contributed by atoms with Crippen molar-refractivity contribution in [2.24, 2.45) is 7.05 Å². The number of aromatic nitrogens is 3. The first kappa shape index (κ1) is 14.2. The van der Waals surface area contributed by atoms with Crippen molar-refractivity contribution in [1.29, 1.82) is 0 Å². The van der Waals surface area contributed by atoms with Gasteiger partial charge in [0.1, 0.15) is 12.3 Å². The number of carboxylic acids is 1. The van der Waals surface area contributed by atoms with Gasteiger partial charge in [-0.25, -0.2) is 9.78 Å². The summed E-state index contributed by atoms with van der Waals surface area (Å²) < 4.78 is 6.75. The van der Waals surface area contributed by atoms with Crippen LogP contribution in [0.5, 0.6) is 5.75 Å². The standard InChI is InChI=1S/C12H13N3O4S/c1-6-11(19-4-8-5-20-7(2)13-8)9(15(3)14-6)10(16)12(17)18/h5H,4H2,1-3H3,(H,17,18). The Hall–Kier alpha value is -2.22. The Bertz CT molecular complexity index is 674. The normalized spacial score (nSPS) is 10.6. The molecule has 0 spiro atoms. The largest absolute Gasteiger partial charge is 0.483 e. The molecule has 0 aliphatic rings. The van der Waals surface area contributed by atoms with E-state index < -0.39 is 11.8 Å². The Labute approximate surface area is 118 Å². The first-order valence-electron chi connectivity index (χ1n) is 5.75. The average Bonchev–Trinajstić information content (AvgIpc) is 2.89. The second kappa shape index (κ2) is 5.41. The lowest BCUT2D eigenvalue weighted by Crippen LogP contribution is -2.18. The summed E-state index contributed by atoms with van der Waals surface area (Å²) in [4.78, 5) is 26.7. The van der Waals surface area contributed by atoms with E-state index in [9.17, 15) is 9.59 Å². The summed E-state index contributed by atoms with van der Waals surface area (Å²) in [5, 5.41) is 15.6. The molecular weight excluding hydrogens is 282 g/mol. The van der Waals surface area contributed by atoms with Gasteiger partial charge < -0.3 is 9.84 Å². The van der Waals surface area contributed by atoms with Gasteiger partial charge in [0.15, 0.2) is 11.4 Å². The molecule has 2 aromatic heterocycles. The molecule has 0 aliphatic heterocycles. The Morgan fingerprint density at radius 1 is 1.45 bits per heavy atom. The number of ketones is 1. The van der Waals surface area contributed by atoms with Crippen LogP contribution in [0.25, 0.3) is 0 Å². The quantitative estimate of drug-likeness (QED) is 0.660. The third-order valence-electron chi connectivity index (χ3n) is 2.61. The van der Waals surface area contributed by atoms with Crippen molar-refractivity contribution in [3.8, 4) is 5.75 Å². The number of ether oxygens (including phenoxy) is 1. The predicted octanol–water partition coefficient (Wildman–Crippen LogP) is 1.34. The maximum atomic E-state index is 11.7. The van der Waals surface area contributed by atoms with Crippen molar-refractivity contribution in [3.63, 3.8) is 0 Å². The number of nitrogens with zero attached hydrogens (tertiary/aromatic N) is 3. The van der Waals surface area contributed by atoms with Gasteiger partial charge in [-0.1, -0.05) is 0 Å². The minimum absolute atomic E-state index is 0.0676. The number of carboxylic acid groups (broad SMARTS) is 1. The van der Waals surface area contributed by atoms with Crippen LogP contribution < -0.4 is 4.74 Å². The van der Waals surface area contributed by atoms with E-state index in [1.54, 1.807) is 6.92 Å². The molecule has 0 fully saturated rings. The highest BCUT2D eigenvalue weighted by Crippen LogP contribution is 2.24. The van der Waals surface area contributed by atoms with Gasteiger partial charge in [0.2, 0.25) is 0 Å².